The first-order chi connectivity index (χ1) is 13.2. The first-order valence-electron chi connectivity index (χ1n) is 8.62. The molecule has 1 fully saturated rings. The van der Waals surface area contributed by atoms with E-state index in [9.17, 15) is 4.79 Å². The Morgan fingerprint density at radius 1 is 1.30 bits per heavy atom. The first kappa shape index (κ1) is 17.8. The summed E-state index contributed by atoms with van der Waals surface area (Å²) in [6.07, 6.45) is 3.03. The fourth-order valence-electron chi connectivity index (χ4n) is 2.80. The average molecular weight is 396 g/mol. The van der Waals surface area contributed by atoms with Crippen LogP contribution in [0.15, 0.2) is 46.9 Å². The number of hydrogen-bond donors (Lipinski definition) is 1. The van der Waals surface area contributed by atoms with Gasteiger partial charge in [-0.2, -0.15) is 5.26 Å². The highest BCUT2D eigenvalue weighted by atomic mass is 32.2. The van der Waals surface area contributed by atoms with Crippen molar-refractivity contribution in [2.24, 2.45) is 0 Å². The maximum absolute atomic E-state index is 12.3. The van der Waals surface area contributed by atoms with E-state index in [1.54, 1.807) is 35.6 Å². The van der Waals surface area contributed by atoms with Gasteiger partial charge in [-0.25, -0.2) is 0 Å². The lowest BCUT2D eigenvalue weighted by atomic mass is 10.2. The molecule has 1 N–H and O–H groups in total. The van der Waals surface area contributed by atoms with Gasteiger partial charge < -0.3 is 9.88 Å². The number of carbonyl (C=O) groups excluding carboxylic acids is 1. The standard InChI is InChI=1S/C19H17N5OS2/c20-11-13-4-1-2-6-16(13)21-18(25)12-27-19-23-22-17(24(19)14-7-8-14)10-15-5-3-9-26-15/h1-6,9,14H,7-8,10,12H2,(H,21,25). The van der Waals surface area contributed by atoms with Gasteiger partial charge in [0.1, 0.15) is 11.9 Å². The van der Waals surface area contributed by atoms with Gasteiger partial charge >= 0.3 is 0 Å². The summed E-state index contributed by atoms with van der Waals surface area (Å²) < 4.78 is 2.18. The summed E-state index contributed by atoms with van der Waals surface area (Å²) in [5, 5.41) is 23.5. The highest BCUT2D eigenvalue weighted by Crippen LogP contribution is 2.39. The van der Waals surface area contributed by atoms with Crippen LogP contribution in [0.25, 0.3) is 0 Å². The minimum atomic E-state index is -0.159. The third kappa shape index (κ3) is 4.21. The van der Waals surface area contributed by atoms with E-state index in [0.29, 0.717) is 17.3 Å². The van der Waals surface area contributed by atoms with Crippen molar-refractivity contribution in [3.05, 3.63) is 58.0 Å². The van der Waals surface area contributed by atoms with Crippen LogP contribution < -0.4 is 5.32 Å². The molecule has 0 radical (unpaired) electrons. The number of amides is 1. The zero-order chi connectivity index (χ0) is 18.6. The maximum atomic E-state index is 12.3. The SMILES string of the molecule is N#Cc1ccccc1NC(=O)CSc1nnc(Cc2cccs2)n1C1CC1. The van der Waals surface area contributed by atoms with Crippen molar-refractivity contribution in [1.82, 2.24) is 14.8 Å². The summed E-state index contributed by atoms with van der Waals surface area (Å²) in [4.78, 5) is 13.6. The Labute approximate surface area is 165 Å². The lowest BCUT2D eigenvalue weighted by Gasteiger charge is -2.09. The molecule has 1 saturated carbocycles. The fraction of sp³-hybridized carbons (Fsp3) is 0.263. The quantitative estimate of drug-likeness (QED) is 0.614. The minimum absolute atomic E-state index is 0.159. The molecule has 1 aliphatic rings. The number of carbonyl (C=O) groups is 1. The number of anilines is 1. The largest absolute Gasteiger partial charge is 0.324 e. The van der Waals surface area contributed by atoms with Gasteiger partial charge in [-0.3, -0.25) is 4.79 Å². The topological polar surface area (TPSA) is 83.6 Å². The molecule has 1 aliphatic carbocycles. The van der Waals surface area contributed by atoms with Crippen LogP contribution in [-0.4, -0.2) is 26.4 Å². The molecule has 0 atom stereocenters. The second-order valence-electron chi connectivity index (χ2n) is 6.25. The molecule has 4 rings (SSSR count). The number of para-hydroxylation sites is 1. The van der Waals surface area contributed by atoms with E-state index < -0.39 is 0 Å². The van der Waals surface area contributed by atoms with Crippen LogP contribution in [0.2, 0.25) is 0 Å². The molecule has 0 bridgehead atoms. The summed E-state index contributed by atoms with van der Waals surface area (Å²) >= 11 is 3.10. The van der Waals surface area contributed by atoms with E-state index >= 15 is 0 Å². The van der Waals surface area contributed by atoms with Crippen molar-refractivity contribution in [1.29, 1.82) is 5.26 Å². The van der Waals surface area contributed by atoms with Crippen LogP contribution in [-0.2, 0) is 11.2 Å². The number of nitrogens with zero attached hydrogens (tertiary/aromatic N) is 4. The molecule has 6 nitrogen and oxygen atoms in total. The zero-order valence-electron chi connectivity index (χ0n) is 14.5. The second-order valence-corrected chi connectivity index (χ2v) is 8.23. The van der Waals surface area contributed by atoms with Gasteiger partial charge in [0.05, 0.1) is 17.0 Å². The lowest BCUT2D eigenvalue weighted by molar-refractivity contribution is -0.113. The highest BCUT2D eigenvalue weighted by molar-refractivity contribution is 7.99. The van der Waals surface area contributed by atoms with Crippen LogP contribution in [0.4, 0.5) is 5.69 Å². The molecule has 2 heterocycles. The number of benzene rings is 1. The second kappa shape index (κ2) is 7.94. The van der Waals surface area contributed by atoms with Crippen LogP contribution in [0.5, 0.6) is 0 Å². The van der Waals surface area contributed by atoms with Gasteiger partial charge in [-0.15, -0.1) is 21.5 Å². The molecule has 1 amide bonds. The van der Waals surface area contributed by atoms with E-state index in [4.69, 9.17) is 5.26 Å². The summed E-state index contributed by atoms with van der Waals surface area (Å²) in [6, 6.07) is 13.7. The zero-order valence-corrected chi connectivity index (χ0v) is 16.1. The Kier molecular flexibility index (Phi) is 5.23. The van der Waals surface area contributed by atoms with Crippen molar-refractivity contribution in [2.75, 3.05) is 11.1 Å². The Morgan fingerprint density at radius 3 is 2.89 bits per heavy atom. The van der Waals surface area contributed by atoms with Crippen LogP contribution in [0, 0.1) is 11.3 Å². The molecule has 0 spiro atoms. The molecule has 3 aromatic rings. The van der Waals surface area contributed by atoms with Crippen LogP contribution in [0.3, 0.4) is 0 Å². The van der Waals surface area contributed by atoms with E-state index in [0.717, 1.165) is 30.2 Å². The van der Waals surface area contributed by atoms with Crippen molar-refractivity contribution in [3.63, 3.8) is 0 Å². The van der Waals surface area contributed by atoms with Crippen molar-refractivity contribution in [2.45, 2.75) is 30.5 Å². The number of aromatic nitrogens is 3. The molecule has 1 aromatic carbocycles. The third-order valence-corrected chi connectivity index (χ3v) is 6.03. The molecule has 8 heteroatoms. The number of hydrogen-bond acceptors (Lipinski definition) is 6. The van der Waals surface area contributed by atoms with Crippen molar-refractivity contribution < 1.29 is 4.79 Å². The predicted octanol–water partition coefficient (Wildman–Crippen LogP) is 3.87. The number of nitrogens with one attached hydrogen (secondary N) is 1. The highest BCUT2D eigenvalue weighted by Gasteiger charge is 2.30. The Bertz CT molecular complexity index is 986. The normalized spacial score (nSPS) is 13.3. The number of thioether (sulfide) groups is 1. The fourth-order valence-corrected chi connectivity index (χ4v) is 4.33. The summed E-state index contributed by atoms with van der Waals surface area (Å²) in [5.41, 5.74) is 0.989. The van der Waals surface area contributed by atoms with Gasteiger partial charge in [0.25, 0.3) is 0 Å². The van der Waals surface area contributed by atoms with Gasteiger partial charge in [0.15, 0.2) is 5.16 Å². The Balaban J connectivity index is 1.43. The van der Waals surface area contributed by atoms with E-state index in [1.807, 2.05) is 6.07 Å². The number of rotatable bonds is 7. The summed E-state index contributed by atoms with van der Waals surface area (Å²) in [5.74, 6) is 1.02. The van der Waals surface area contributed by atoms with Crippen LogP contribution in [0.1, 0.15) is 35.1 Å². The van der Waals surface area contributed by atoms with Crippen LogP contribution >= 0.6 is 23.1 Å². The molecular formula is C19H17N5OS2. The third-order valence-electron chi connectivity index (χ3n) is 4.21. The molecule has 0 unspecified atom stereocenters. The average Bonchev–Trinajstić information content (AvgIpc) is 3.23. The van der Waals surface area contributed by atoms with Gasteiger partial charge in [-0.1, -0.05) is 30.0 Å². The number of nitriles is 1. The molecule has 0 aliphatic heterocycles. The Morgan fingerprint density at radius 2 is 2.15 bits per heavy atom. The summed E-state index contributed by atoms with van der Waals surface area (Å²) in [7, 11) is 0. The first-order valence-corrected chi connectivity index (χ1v) is 10.5. The van der Waals surface area contributed by atoms with Gasteiger partial charge in [0.2, 0.25) is 5.91 Å². The monoisotopic (exact) mass is 395 g/mol. The van der Waals surface area contributed by atoms with Crippen molar-refractivity contribution in [3.8, 4) is 6.07 Å². The molecule has 27 heavy (non-hydrogen) atoms. The maximum Gasteiger partial charge on any atom is 0.234 e. The van der Waals surface area contributed by atoms with Gasteiger partial charge in [0, 0.05) is 17.3 Å². The van der Waals surface area contributed by atoms with E-state index in [2.05, 4.69) is 37.6 Å². The lowest BCUT2D eigenvalue weighted by Crippen LogP contribution is -2.15. The predicted molar refractivity (Wildman–Crippen MR) is 106 cm³/mol. The number of thiophene rings is 1. The summed E-state index contributed by atoms with van der Waals surface area (Å²) in [6.45, 7) is 0. The minimum Gasteiger partial charge on any atom is -0.324 e. The van der Waals surface area contributed by atoms with E-state index in [-0.39, 0.29) is 11.7 Å². The molecule has 0 saturated heterocycles. The van der Waals surface area contributed by atoms with E-state index in [1.165, 1.54) is 16.6 Å². The van der Waals surface area contributed by atoms with Gasteiger partial charge in [-0.05, 0) is 36.4 Å². The molecule has 2 aromatic heterocycles. The molecule has 136 valence electrons. The molecular weight excluding hydrogens is 378 g/mol. The smallest absolute Gasteiger partial charge is 0.234 e. The van der Waals surface area contributed by atoms with Crippen molar-refractivity contribution >= 4 is 34.7 Å². The Hall–Kier alpha value is -2.63.